The van der Waals surface area contributed by atoms with E-state index in [9.17, 15) is 0 Å². The molecule has 1 saturated heterocycles. The first kappa shape index (κ1) is 8.53. The highest BCUT2D eigenvalue weighted by atomic mass is 16.5. The van der Waals surface area contributed by atoms with Crippen LogP contribution in [0.4, 0.5) is 5.69 Å². The molecule has 1 fully saturated rings. The van der Waals surface area contributed by atoms with Crippen molar-refractivity contribution in [2.75, 3.05) is 26.3 Å². The van der Waals surface area contributed by atoms with Gasteiger partial charge in [-0.2, -0.15) is 10.4 Å². The minimum absolute atomic E-state index is 0.788. The maximum atomic E-state index is 5.24. The molecule has 1 heterocycles. The summed E-state index contributed by atoms with van der Waals surface area (Å²) in [6, 6.07) is 10.0. The topological polar surface area (TPSA) is 26.6 Å². The molecule has 1 radical (unpaired) electrons. The molecular weight excluding hydrogens is 164 g/mol. The number of nitrogens with zero attached hydrogens (tertiary/aromatic N) is 2. The molecule has 0 unspecified atom stereocenters. The summed E-state index contributed by atoms with van der Waals surface area (Å²) in [5.41, 5.74) is 5.49. The Morgan fingerprint density at radius 3 is 2.46 bits per heavy atom. The van der Waals surface area contributed by atoms with Crippen LogP contribution >= 0.6 is 0 Å². The van der Waals surface area contributed by atoms with Gasteiger partial charge in [0.2, 0.25) is 0 Å². The summed E-state index contributed by atoms with van der Waals surface area (Å²) in [6.07, 6.45) is 0. The molecule has 3 heteroatoms. The van der Waals surface area contributed by atoms with Crippen LogP contribution in [0, 0.1) is 0 Å². The third-order valence-corrected chi connectivity index (χ3v) is 2.00. The minimum Gasteiger partial charge on any atom is -0.379 e. The zero-order valence-electron chi connectivity index (χ0n) is 7.52. The van der Waals surface area contributed by atoms with Crippen molar-refractivity contribution < 1.29 is 4.74 Å². The third-order valence-electron chi connectivity index (χ3n) is 2.00. The molecule has 0 aliphatic carbocycles. The fraction of sp³-hybridized carbons (Fsp3) is 0.400. The lowest BCUT2D eigenvalue weighted by atomic mass is 10.3. The maximum Gasteiger partial charge on any atom is 0.0776 e. The molecule has 0 aromatic heterocycles. The summed E-state index contributed by atoms with van der Waals surface area (Å²) >= 11 is 0. The van der Waals surface area contributed by atoms with Gasteiger partial charge in [0, 0.05) is 13.1 Å². The number of benzene rings is 1. The molecule has 0 saturated carbocycles. The molecular formula is C10H13N2O. The fourth-order valence-corrected chi connectivity index (χ4v) is 1.31. The van der Waals surface area contributed by atoms with E-state index in [1.54, 1.807) is 0 Å². The molecule has 1 aromatic rings. The van der Waals surface area contributed by atoms with E-state index in [1.165, 1.54) is 0 Å². The van der Waals surface area contributed by atoms with E-state index < -0.39 is 0 Å². The first-order valence-corrected chi connectivity index (χ1v) is 4.54. The molecule has 0 spiro atoms. The Hall–Kier alpha value is -1.06. The average molecular weight is 177 g/mol. The van der Waals surface area contributed by atoms with Gasteiger partial charge in [-0.15, -0.1) is 0 Å². The molecule has 2 rings (SSSR count). The van der Waals surface area contributed by atoms with Crippen molar-refractivity contribution in [2.24, 2.45) is 0 Å². The summed E-state index contributed by atoms with van der Waals surface area (Å²) in [5.74, 6) is 0. The quantitative estimate of drug-likeness (QED) is 0.678. The van der Waals surface area contributed by atoms with Gasteiger partial charge in [-0.25, -0.2) is 0 Å². The van der Waals surface area contributed by atoms with Gasteiger partial charge in [0.1, 0.15) is 0 Å². The van der Waals surface area contributed by atoms with Crippen LogP contribution in [0.15, 0.2) is 30.3 Å². The lowest BCUT2D eigenvalue weighted by Crippen LogP contribution is -2.39. The van der Waals surface area contributed by atoms with E-state index in [4.69, 9.17) is 4.74 Å². The van der Waals surface area contributed by atoms with Crippen molar-refractivity contribution in [3.8, 4) is 0 Å². The van der Waals surface area contributed by atoms with Gasteiger partial charge in [-0.1, -0.05) is 18.2 Å². The first-order valence-electron chi connectivity index (χ1n) is 4.54. The molecule has 1 aliphatic heterocycles. The molecule has 1 aromatic carbocycles. The number of morpholine rings is 1. The van der Waals surface area contributed by atoms with Crippen LogP contribution in [-0.2, 0) is 4.74 Å². The van der Waals surface area contributed by atoms with Gasteiger partial charge in [0.25, 0.3) is 0 Å². The molecule has 0 amide bonds. The Bertz CT molecular complexity index is 244. The summed E-state index contributed by atoms with van der Waals surface area (Å²) < 4.78 is 5.24. The lowest BCUT2D eigenvalue weighted by molar-refractivity contribution is 0.0201. The van der Waals surface area contributed by atoms with Gasteiger partial charge < -0.3 is 4.74 Å². The van der Waals surface area contributed by atoms with Crippen LogP contribution in [0.5, 0.6) is 0 Å². The van der Waals surface area contributed by atoms with Gasteiger partial charge in [-0.05, 0) is 12.1 Å². The Labute approximate surface area is 78.3 Å². The first-order chi connectivity index (χ1) is 6.45. The van der Waals surface area contributed by atoms with E-state index in [1.807, 2.05) is 30.3 Å². The normalized spacial score (nSPS) is 18.5. The van der Waals surface area contributed by atoms with E-state index in [2.05, 4.69) is 10.4 Å². The highest BCUT2D eigenvalue weighted by Crippen LogP contribution is 2.07. The summed E-state index contributed by atoms with van der Waals surface area (Å²) in [4.78, 5) is 0. The fourth-order valence-electron chi connectivity index (χ4n) is 1.31. The van der Waals surface area contributed by atoms with E-state index in [-0.39, 0.29) is 0 Å². The van der Waals surface area contributed by atoms with Gasteiger partial charge in [0.15, 0.2) is 0 Å². The molecule has 13 heavy (non-hydrogen) atoms. The third kappa shape index (κ3) is 2.44. The number of hydrogen-bond donors (Lipinski definition) is 0. The molecule has 1 aliphatic rings. The Balaban J connectivity index is 1.90. The van der Waals surface area contributed by atoms with Crippen LogP contribution in [0.25, 0.3) is 0 Å². The average Bonchev–Trinajstić information content (AvgIpc) is 2.21. The number of rotatable bonds is 2. The predicted molar refractivity (Wildman–Crippen MR) is 50.6 cm³/mol. The largest absolute Gasteiger partial charge is 0.379 e. The zero-order chi connectivity index (χ0) is 8.93. The highest BCUT2D eigenvalue weighted by molar-refractivity contribution is 5.33. The van der Waals surface area contributed by atoms with E-state index in [0.717, 1.165) is 32.0 Å². The number of ether oxygens (including phenoxy) is 1. The van der Waals surface area contributed by atoms with Crippen LogP contribution < -0.4 is 5.43 Å². The Morgan fingerprint density at radius 1 is 1.08 bits per heavy atom. The van der Waals surface area contributed by atoms with Crippen LogP contribution in [0.2, 0.25) is 0 Å². The van der Waals surface area contributed by atoms with Crippen LogP contribution in [0.1, 0.15) is 0 Å². The monoisotopic (exact) mass is 177 g/mol. The van der Waals surface area contributed by atoms with Crippen molar-refractivity contribution >= 4 is 5.69 Å². The predicted octanol–water partition coefficient (Wildman–Crippen LogP) is 1.17. The van der Waals surface area contributed by atoms with Crippen molar-refractivity contribution in [3.63, 3.8) is 0 Å². The van der Waals surface area contributed by atoms with Crippen LogP contribution in [-0.4, -0.2) is 31.3 Å². The van der Waals surface area contributed by atoms with Crippen molar-refractivity contribution in [1.82, 2.24) is 10.4 Å². The second kappa shape index (κ2) is 4.25. The highest BCUT2D eigenvalue weighted by Gasteiger charge is 2.10. The smallest absolute Gasteiger partial charge is 0.0776 e. The maximum absolute atomic E-state index is 5.24. The van der Waals surface area contributed by atoms with E-state index >= 15 is 0 Å². The molecule has 0 atom stereocenters. The SMILES string of the molecule is c1ccc([N]N2CCOCC2)cc1. The van der Waals surface area contributed by atoms with Crippen molar-refractivity contribution in [3.05, 3.63) is 30.3 Å². The van der Waals surface area contributed by atoms with Crippen molar-refractivity contribution in [2.45, 2.75) is 0 Å². The zero-order valence-corrected chi connectivity index (χ0v) is 7.52. The lowest BCUT2D eigenvalue weighted by Gasteiger charge is -2.25. The van der Waals surface area contributed by atoms with E-state index in [0.29, 0.717) is 0 Å². The Morgan fingerprint density at radius 2 is 1.77 bits per heavy atom. The second-order valence-electron chi connectivity index (χ2n) is 3.00. The summed E-state index contributed by atoms with van der Waals surface area (Å²) in [6.45, 7) is 3.37. The van der Waals surface area contributed by atoms with Gasteiger partial charge >= 0.3 is 0 Å². The van der Waals surface area contributed by atoms with Crippen LogP contribution in [0.3, 0.4) is 0 Å². The van der Waals surface area contributed by atoms with Gasteiger partial charge in [-0.3, -0.25) is 0 Å². The number of hydrogen-bond acceptors (Lipinski definition) is 2. The van der Waals surface area contributed by atoms with Gasteiger partial charge in [0.05, 0.1) is 18.9 Å². The molecule has 0 bridgehead atoms. The second-order valence-corrected chi connectivity index (χ2v) is 3.00. The minimum atomic E-state index is 0.788. The molecule has 69 valence electrons. The standard InChI is InChI=1S/C10H13N2O/c1-2-4-10(5-3-1)11-12-6-8-13-9-7-12/h1-5H,6-9H2. The summed E-state index contributed by atoms with van der Waals surface area (Å²) in [5, 5.41) is 2.05. The Kier molecular flexibility index (Phi) is 2.79. The molecule has 3 nitrogen and oxygen atoms in total. The molecule has 0 N–H and O–H groups in total. The summed E-state index contributed by atoms with van der Waals surface area (Å²) in [7, 11) is 0. The van der Waals surface area contributed by atoms with Crippen molar-refractivity contribution in [1.29, 1.82) is 0 Å².